The first-order valence-electron chi connectivity index (χ1n) is 10.9. The normalized spacial score (nSPS) is 14.8. The predicted molar refractivity (Wildman–Crippen MR) is 124 cm³/mol. The number of carbonyl (C=O) groups excluding carboxylic acids is 1. The van der Waals surface area contributed by atoms with Crippen molar-refractivity contribution in [3.63, 3.8) is 0 Å². The molecule has 0 saturated heterocycles. The lowest BCUT2D eigenvalue weighted by atomic mass is 9.97. The highest BCUT2D eigenvalue weighted by Crippen LogP contribution is 2.48. The predicted octanol–water partition coefficient (Wildman–Crippen LogP) is 3.51. The Hall–Kier alpha value is -2.82. The van der Waals surface area contributed by atoms with Crippen molar-refractivity contribution < 1.29 is 4.79 Å². The van der Waals surface area contributed by atoms with Crippen molar-refractivity contribution in [2.24, 2.45) is 10.4 Å². The van der Waals surface area contributed by atoms with E-state index >= 15 is 0 Å². The Morgan fingerprint density at radius 2 is 1.77 bits per heavy atom. The monoisotopic (exact) mass is 406 g/mol. The molecule has 1 saturated carbocycles. The van der Waals surface area contributed by atoms with Crippen molar-refractivity contribution in [3.05, 3.63) is 71.3 Å². The van der Waals surface area contributed by atoms with E-state index in [2.05, 4.69) is 54.0 Å². The molecule has 5 heteroatoms. The Morgan fingerprint density at radius 1 is 1.03 bits per heavy atom. The molecule has 0 atom stereocenters. The third kappa shape index (κ3) is 6.34. The second kappa shape index (κ2) is 10.3. The lowest BCUT2D eigenvalue weighted by Crippen LogP contribution is -2.38. The summed E-state index contributed by atoms with van der Waals surface area (Å²) in [5.41, 5.74) is 3.60. The minimum absolute atomic E-state index is 0.0351. The average Bonchev–Trinajstić information content (AvgIpc) is 3.52. The zero-order valence-electron chi connectivity index (χ0n) is 18.4. The van der Waals surface area contributed by atoms with Crippen molar-refractivity contribution in [1.82, 2.24) is 15.5 Å². The summed E-state index contributed by atoms with van der Waals surface area (Å²) in [5, 5.41) is 6.80. The second-order valence-electron chi connectivity index (χ2n) is 8.43. The number of nitrogens with one attached hydrogen (secondary N) is 2. The first-order chi connectivity index (χ1) is 14.5. The molecule has 2 aromatic rings. The summed E-state index contributed by atoms with van der Waals surface area (Å²) < 4.78 is 0. The molecular formula is C25H34N4O. The number of hydrogen-bond donors (Lipinski definition) is 2. The molecule has 0 spiro atoms. The van der Waals surface area contributed by atoms with Crippen LogP contribution in [0, 0.1) is 5.41 Å². The van der Waals surface area contributed by atoms with Gasteiger partial charge in [-0.15, -0.1) is 0 Å². The van der Waals surface area contributed by atoms with E-state index in [0.717, 1.165) is 49.6 Å². The molecule has 0 heterocycles. The summed E-state index contributed by atoms with van der Waals surface area (Å²) in [4.78, 5) is 18.6. The SMILES string of the molecule is CCNC(=NCC1(Cc2ccccc2)CC1)NCCc1cccc(C(=O)N(C)C)c1. The molecule has 2 aromatic carbocycles. The van der Waals surface area contributed by atoms with Gasteiger partial charge in [-0.2, -0.15) is 0 Å². The maximum atomic E-state index is 12.2. The highest BCUT2D eigenvalue weighted by atomic mass is 16.2. The van der Waals surface area contributed by atoms with Crippen molar-refractivity contribution >= 4 is 11.9 Å². The van der Waals surface area contributed by atoms with E-state index in [9.17, 15) is 4.79 Å². The maximum Gasteiger partial charge on any atom is 0.253 e. The lowest BCUT2D eigenvalue weighted by molar-refractivity contribution is 0.0827. The number of rotatable bonds is 9. The van der Waals surface area contributed by atoms with Crippen LogP contribution in [-0.2, 0) is 12.8 Å². The number of nitrogens with zero attached hydrogens (tertiary/aromatic N) is 2. The van der Waals surface area contributed by atoms with E-state index in [1.807, 2.05) is 18.2 Å². The summed E-state index contributed by atoms with van der Waals surface area (Å²) in [7, 11) is 3.56. The van der Waals surface area contributed by atoms with Gasteiger partial charge in [0.05, 0.1) is 0 Å². The van der Waals surface area contributed by atoms with Crippen molar-refractivity contribution in [2.75, 3.05) is 33.7 Å². The fraction of sp³-hybridized carbons (Fsp3) is 0.440. The smallest absolute Gasteiger partial charge is 0.253 e. The fourth-order valence-corrected chi connectivity index (χ4v) is 3.63. The number of guanidine groups is 1. The van der Waals surface area contributed by atoms with Crippen LogP contribution in [0.3, 0.4) is 0 Å². The van der Waals surface area contributed by atoms with Crippen LogP contribution >= 0.6 is 0 Å². The van der Waals surface area contributed by atoms with E-state index in [1.165, 1.54) is 18.4 Å². The molecule has 1 amide bonds. The summed E-state index contributed by atoms with van der Waals surface area (Å²) in [6, 6.07) is 18.6. The van der Waals surface area contributed by atoms with E-state index in [1.54, 1.807) is 19.0 Å². The minimum Gasteiger partial charge on any atom is -0.357 e. The van der Waals surface area contributed by atoms with Crippen LogP contribution in [0.5, 0.6) is 0 Å². The Labute approximate surface area is 180 Å². The standard InChI is InChI=1S/C25H34N4O/c1-4-26-24(28-19-25(14-15-25)18-21-9-6-5-7-10-21)27-16-13-20-11-8-12-22(17-20)23(30)29(2)3/h5-12,17H,4,13-16,18-19H2,1-3H3,(H2,26,27,28). The second-order valence-corrected chi connectivity index (χ2v) is 8.43. The first kappa shape index (κ1) is 21.9. The van der Waals surface area contributed by atoms with Crippen LogP contribution in [0.4, 0.5) is 0 Å². The molecule has 30 heavy (non-hydrogen) atoms. The fourth-order valence-electron chi connectivity index (χ4n) is 3.63. The zero-order valence-corrected chi connectivity index (χ0v) is 18.4. The third-order valence-electron chi connectivity index (χ3n) is 5.58. The number of carbonyl (C=O) groups is 1. The molecule has 1 aliphatic rings. The van der Waals surface area contributed by atoms with Crippen LogP contribution in [-0.4, -0.2) is 50.5 Å². The molecule has 1 aliphatic carbocycles. The van der Waals surface area contributed by atoms with Crippen molar-refractivity contribution in [1.29, 1.82) is 0 Å². The zero-order chi connectivity index (χ0) is 21.4. The number of amides is 1. The van der Waals surface area contributed by atoms with Gasteiger partial charge in [0.1, 0.15) is 0 Å². The van der Waals surface area contributed by atoms with Gasteiger partial charge in [0, 0.05) is 39.3 Å². The summed E-state index contributed by atoms with van der Waals surface area (Å²) in [5.74, 6) is 0.908. The Morgan fingerprint density at radius 3 is 2.43 bits per heavy atom. The first-order valence-corrected chi connectivity index (χ1v) is 10.9. The molecule has 0 bridgehead atoms. The molecule has 0 aliphatic heterocycles. The molecule has 160 valence electrons. The van der Waals surface area contributed by atoms with Gasteiger partial charge in [-0.1, -0.05) is 42.5 Å². The highest BCUT2D eigenvalue weighted by Gasteiger charge is 2.42. The van der Waals surface area contributed by atoms with Crippen LogP contribution in [0.25, 0.3) is 0 Å². The Balaban J connectivity index is 1.53. The van der Waals surface area contributed by atoms with E-state index < -0.39 is 0 Å². The van der Waals surface area contributed by atoms with E-state index in [4.69, 9.17) is 4.99 Å². The molecule has 0 unspecified atom stereocenters. The van der Waals surface area contributed by atoms with Gasteiger partial charge in [-0.3, -0.25) is 9.79 Å². The summed E-state index contributed by atoms with van der Waals surface area (Å²) in [6.07, 6.45) is 4.44. The van der Waals surface area contributed by atoms with Gasteiger partial charge in [0.15, 0.2) is 5.96 Å². The van der Waals surface area contributed by atoms with Gasteiger partial charge in [-0.25, -0.2) is 0 Å². The minimum atomic E-state index is 0.0351. The molecule has 3 rings (SSSR count). The van der Waals surface area contributed by atoms with Crippen molar-refractivity contribution in [3.8, 4) is 0 Å². The largest absolute Gasteiger partial charge is 0.357 e. The number of benzene rings is 2. The summed E-state index contributed by atoms with van der Waals surface area (Å²) >= 11 is 0. The molecule has 1 fully saturated rings. The number of aliphatic imine (C=N–C) groups is 1. The Kier molecular flexibility index (Phi) is 7.50. The summed E-state index contributed by atoms with van der Waals surface area (Å²) in [6.45, 7) is 4.55. The maximum absolute atomic E-state index is 12.2. The molecular weight excluding hydrogens is 372 g/mol. The van der Waals surface area contributed by atoms with Gasteiger partial charge < -0.3 is 15.5 Å². The quantitative estimate of drug-likeness (QED) is 0.495. The van der Waals surface area contributed by atoms with E-state index in [0.29, 0.717) is 5.41 Å². The third-order valence-corrected chi connectivity index (χ3v) is 5.58. The Bertz CT molecular complexity index is 856. The van der Waals surface area contributed by atoms with Gasteiger partial charge in [0.25, 0.3) is 5.91 Å². The average molecular weight is 407 g/mol. The molecule has 5 nitrogen and oxygen atoms in total. The number of hydrogen-bond acceptors (Lipinski definition) is 2. The van der Waals surface area contributed by atoms with Crippen LogP contribution < -0.4 is 10.6 Å². The molecule has 0 radical (unpaired) electrons. The topological polar surface area (TPSA) is 56.7 Å². The van der Waals surface area contributed by atoms with Crippen LogP contribution in [0.2, 0.25) is 0 Å². The van der Waals surface area contributed by atoms with E-state index in [-0.39, 0.29) is 5.91 Å². The molecule has 2 N–H and O–H groups in total. The molecule has 0 aromatic heterocycles. The van der Waals surface area contributed by atoms with Gasteiger partial charge in [-0.05, 0) is 61.3 Å². The van der Waals surface area contributed by atoms with Gasteiger partial charge >= 0.3 is 0 Å². The highest BCUT2D eigenvalue weighted by molar-refractivity contribution is 5.94. The lowest BCUT2D eigenvalue weighted by Gasteiger charge is -2.16. The van der Waals surface area contributed by atoms with Crippen molar-refractivity contribution in [2.45, 2.75) is 32.6 Å². The van der Waals surface area contributed by atoms with Crippen LogP contribution in [0.1, 0.15) is 41.3 Å². The van der Waals surface area contributed by atoms with Gasteiger partial charge in [0.2, 0.25) is 0 Å². The van der Waals surface area contributed by atoms with Crippen LogP contribution in [0.15, 0.2) is 59.6 Å².